The van der Waals surface area contributed by atoms with Gasteiger partial charge in [0.1, 0.15) is 22.4 Å². The minimum Gasteiger partial charge on any atom is -0.444 e. The molecule has 8 saturated heterocycles. The summed E-state index contributed by atoms with van der Waals surface area (Å²) in [7, 11) is 0. The highest BCUT2D eigenvalue weighted by molar-refractivity contribution is 6.09. The summed E-state index contributed by atoms with van der Waals surface area (Å²) < 4.78 is 44.3. The number of ether oxygens (including phenoxy) is 8. The summed E-state index contributed by atoms with van der Waals surface area (Å²) in [4.78, 5) is 167. The highest BCUT2D eigenvalue weighted by atomic mass is 16.6. The van der Waals surface area contributed by atoms with Crippen molar-refractivity contribution in [3.63, 3.8) is 0 Å². The first-order valence-corrected chi connectivity index (χ1v) is 34.4. The van der Waals surface area contributed by atoms with E-state index < -0.39 is 119 Å². The molecule has 4 bridgehead atoms. The zero-order valence-corrected chi connectivity index (χ0v) is 60.1. The SMILES string of the molecule is C=CC1OC(/C=C\C2OC(C=C)C3C(=O)N(Cc4ccccc4)C(=O)C23)C2C(=O)N(CCN=C(NC(=O)OC(C)(C)C)NC(=O)OC(C)(C)C)C(=O)C12.CC(C)(C)OC(=O)NC(=NCCN1C(=O)C2C3C=CC(O3)C2C1=O)NC(=O)OC(C)(C)C.O=C1C2C3C=CC(O3)C2C(=O)N1Cc1ccccc1. The molecular weight excluding hydrogens is 1350 g/mol. The normalized spacial score (nSPS) is 28.8. The van der Waals surface area contributed by atoms with Crippen LogP contribution in [0.2, 0.25) is 0 Å². The Morgan fingerprint density at radius 3 is 0.904 bits per heavy atom. The molecule has 2 aromatic rings. The summed E-state index contributed by atoms with van der Waals surface area (Å²) in [6.07, 6.45) is 5.90. The van der Waals surface area contributed by atoms with Crippen molar-refractivity contribution >= 4 is 83.5 Å². The quantitative estimate of drug-likeness (QED) is 0.0578. The number of carbonyl (C=O) groups excluding carboxylic acids is 12. The van der Waals surface area contributed by atoms with E-state index in [1.807, 2.05) is 85.0 Å². The third kappa shape index (κ3) is 17.4. The van der Waals surface area contributed by atoms with Crippen LogP contribution in [0.1, 0.15) is 94.2 Å². The van der Waals surface area contributed by atoms with E-state index in [0.29, 0.717) is 6.54 Å². The Morgan fingerprint density at radius 2 is 0.635 bits per heavy atom. The zero-order chi connectivity index (χ0) is 75.7. The van der Waals surface area contributed by atoms with Crippen molar-refractivity contribution in [1.82, 2.24) is 40.9 Å². The van der Waals surface area contributed by atoms with Crippen molar-refractivity contribution in [2.45, 2.75) is 167 Å². The number of fused-ring (bicyclic) bond motifs is 12. The first-order chi connectivity index (χ1) is 48.9. The van der Waals surface area contributed by atoms with Gasteiger partial charge >= 0.3 is 24.4 Å². The summed E-state index contributed by atoms with van der Waals surface area (Å²) >= 11 is 0. The van der Waals surface area contributed by atoms with Crippen LogP contribution in [0.3, 0.4) is 0 Å². The topological polar surface area (TPSA) is 364 Å². The molecule has 0 spiro atoms. The van der Waals surface area contributed by atoms with Crippen LogP contribution in [-0.4, -0.2) is 201 Å². The maximum absolute atomic E-state index is 13.8. The van der Waals surface area contributed by atoms with Crippen LogP contribution in [0.25, 0.3) is 0 Å². The fourth-order valence-corrected chi connectivity index (χ4v) is 13.9. The van der Waals surface area contributed by atoms with Crippen LogP contribution in [-0.2, 0) is 89.3 Å². The Balaban J connectivity index is 0.000000190. The van der Waals surface area contributed by atoms with E-state index in [0.717, 1.165) is 20.9 Å². The lowest BCUT2D eigenvalue weighted by Gasteiger charge is -2.22. The number of amides is 12. The molecule has 4 N–H and O–H groups in total. The fraction of sp³-hybridized carbons (Fsp3) is 0.514. The lowest BCUT2D eigenvalue weighted by Crippen LogP contribution is -2.47. The zero-order valence-electron chi connectivity index (χ0n) is 60.1. The van der Waals surface area contributed by atoms with Gasteiger partial charge in [-0.05, 0) is 94.2 Å². The molecule has 2 aromatic carbocycles. The van der Waals surface area contributed by atoms with Crippen molar-refractivity contribution in [2.75, 3.05) is 26.2 Å². The van der Waals surface area contributed by atoms with E-state index in [1.165, 1.54) is 22.0 Å². The summed E-state index contributed by atoms with van der Waals surface area (Å²) in [5, 5.41) is 9.46. The third-order valence-electron chi connectivity index (χ3n) is 18.0. The number of hydrogen-bond acceptors (Lipinski definition) is 22. The van der Waals surface area contributed by atoms with Gasteiger partial charge in [0.2, 0.25) is 59.2 Å². The van der Waals surface area contributed by atoms with E-state index in [2.05, 4.69) is 44.4 Å². The van der Waals surface area contributed by atoms with Crippen LogP contribution in [0, 0.1) is 47.3 Å². The Morgan fingerprint density at radius 1 is 0.385 bits per heavy atom. The van der Waals surface area contributed by atoms with Crippen LogP contribution >= 0.6 is 0 Å². The van der Waals surface area contributed by atoms with E-state index in [-0.39, 0.29) is 116 Å². The molecule has 0 aromatic heterocycles. The number of benzene rings is 2. The molecule has 8 fully saturated rings. The summed E-state index contributed by atoms with van der Waals surface area (Å²) in [5.74, 6) is -7.90. The number of aliphatic imine (C=N–C) groups is 2. The minimum atomic E-state index is -0.909. The van der Waals surface area contributed by atoms with E-state index >= 15 is 0 Å². The second-order valence-corrected chi connectivity index (χ2v) is 30.2. The molecule has 0 radical (unpaired) electrons. The number of carbonyl (C=O) groups is 12. The summed E-state index contributed by atoms with van der Waals surface area (Å²) in [6.45, 7) is 27.9. The lowest BCUT2D eigenvalue weighted by atomic mass is 9.85. The minimum absolute atomic E-state index is 0.000393. The number of nitrogens with one attached hydrogen (secondary N) is 4. The van der Waals surface area contributed by atoms with Crippen LogP contribution in [0.5, 0.6) is 0 Å². The molecule has 30 heteroatoms. The van der Waals surface area contributed by atoms with Gasteiger partial charge in [-0.3, -0.25) is 89.2 Å². The van der Waals surface area contributed by atoms with Crippen molar-refractivity contribution in [3.05, 3.63) is 134 Å². The lowest BCUT2D eigenvalue weighted by molar-refractivity contribution is -0.145. The van der Waals surface area contributed by atoms with Gasteiger partial charge < -0.3 is 37.9 Å². The van der Waals surface area contributed by atoms with E-state index in [1.54, 1.807) is 95.2 Å². The molecule has 30 nitrogen and oxygen atoms in total. The largest absolute Gasteiger partial charge is 0.444 e. The van der Waals surface area contributed by atoms with Crippen molar-refractivity contribution < 1.29 is 95.4 Å². The Kier molecular flexibility index (Phi) is 22.6. The van der Waals surface area contributed by atoms with Crippen LogP contribution in [0.4, 0.5) is 19.2 Å². The second kappa shape index (κ2) is 30.7. The van der Waals surface area contributed by atoms with Crippen molar-refractivity contribution in [2.24, 2.45) is 57.3 Å². The van der Waals surface area contributed by atoms with Gasteiger partial charge in [-0.1, -0.05) is 109 Å². The van der Waals surface area contributed by atoms with Gasteiger partial charge in [-0.15, -0.1) is 13.2 Å². The Hall–Kier alpha value is -10.0. The molecule has 16 unspecified atom stereocenters. The van der Waals surface area contributed by atoms with E-state index in [9.17, 15) is 57.5 Å². The molecule has 16 atom stereocenters. The predicted molar refractivity (Wildman–Crippen MR) is 370 cm³/mol. The molecular formula is C74H90N10O20. The number of nitrogens with zero attached hydrogens (tertiary/aromatic N) is 6. The molecule has 0 aliphatic carbocycles. The van der Waals surface area contributed by atoms with E-state index in [4.69, 9.17) is 37.9 Å². The number of rotatable bonds is 14. The number of guanidine groups is 2. The van der Waals surface area contributed by atoms with Gasteiger partial charge in [0.05, 0.1) is 122 Å². The Bertz CT molecular complexity index is 3780. The molecule has 10 heterocycles. The second-order valence-electron chi connectivity index (χ2n) is 30.2. The molecule has 104 heavy (non-hydrogen) atoms. The first kappa shape index (κ1) is 76.6. The molecule has 0 saturated carbocycles. The fourth-order valence-electron chi connectivity index (χ4n) is 13.9. The third-order valence-corrected chi connectivity index (χ3v) is 18.0. The van der Waals surface area contributed by atoms with Crippen LogP contribution < -0.4 is 21.3 Å². The molecule has 12 amide bonds. The average Bonchev–Trinajstić information content (AvgIpc) is 1.60. The van der Waals surface area contributed by atoms with Gasteiger partial charge in [0, 0.05) is 13.1 Å². The standard InChI is InChI=1S/C38H47N5O10.C21H30N4O7.C15H13NO3/c1-9-22-26-28(31(45)42(30(26)44)19-18-39-34(40-35(48)52-37(3,4)5)41-36(49)53-38(6,7)8)24(50-22)16-17-25-29-27(23(10-2)51-25)32(46)43(33(29)47)20-21-14-12-11-13-15-21;1-20(2,3)31-18(28)23-17(24-19(29)32-21(4,5)6)22-9-10-25-15(26)13-11-7-8-12(30-11)14(13)16(25)27;17-14-12-10-6-7-11(19-10)13(12)15(18)16(14)8-9-4-2-1-3-5-9/h9-17,22-29H,1-2,18-20H2,3-8H3,(H2,39,40,41,48,49);7-8,11-14H,9-10H2,1-6H3,(H2,22,23,24,28,29);1-7,10-13H,8H2/b17-16-;;. The molecule has 10 aliphatic rings. The van der Waals surface area contributed by atoms with Crippen LogP contribution in [0.15, 0.2) is 132 Å². The number of alkyl carbamates (subject to hydrolysis) is 4. The number of hydrogen-bond donors (Lipinski definition) is 4. The highest BCUT2D eigenvalue weighted by Crippen LogP contribution is 2.48. The highest BCUT2D eigenvalue weighted by Gasteiger charge is 2.63. The first-order valence-electron chi connectivity index (χ1n) is 34.4. The van der Waals surface area contributed by atoms with Gasteiger partial charge in [-0.2, -0.15) is 0 Å². The number of imide groups is 4. The monoisotopic (exact) mass is 1440 g/mol. The van der Waals surface area contributed by atoms with Gasteiger partial charge in [0.15, 0.2) is 0 Å². The Labute approximate surface area is 601 Å². The summed E-state index contributed by atoms with van der Waals surface area (Å²) in [6, 6.07) is 18.8. The number of likely N-dealkylation sites (tertiary alicyclic amines) is 4. The maximum atomic E-state index is 13.8. The predicted octanol–water partition coefficient (Wildman–Crippen LogP) is 5.71. The van der Waals surface area contributed by atoms with Gasteiger partial charge in [0.25, 0.3) is 0 Å². The van der Waals surface area contributed by atoms with Crippen molar-refractivity contribution in [3.8, 4) is 0 Å². The molecule has 10 aliphatic heterocycles. The summed E-state index contributed by atoms with van der Waals surface area (Å²) in [5.41, 5.74) is -1.41. The molecule has 556 valence electrons. The smallest absolute Gasteiger partial charge is 0.414 e. The maximum Gasteiger partial charge on any atom is 0.414 e. The van der Waals surface area contributed by atoms with Gasteiger partial charge in [-0.25, -0.2) is 19.2 Å². The van der Waals surface area contributed by atoms with Crippen molar-refractivity contribution in [1.29, 1.82) is 0 Å². The average molecular weight is 1440 g/mol. The molecule has 12 rings (SSSR count).